The lowest BCUT2D eigenvalue weighted by molar-refractivity contribution is 0.0956. The lowest BCUT2D eigenvalue weighted by Gasteiger charge is -2.21. The van der Waals surface area contributed by atoms with Crippen LogP contribution in [0.5, 0.6) is 0 Å². The second-order valence-corrected chi connectivity index (χ2v) is 10.2. The van der Waals surface area contributed by atoms with Gasteiger partial charge in [0, 0.05) is 22.6 Å². The van der Waals surface area contributed by atoms with Gasteiger partial charge in [-0.15, -0.1) is 6.58 Å². The van der Waals surface area contributed by atoms with Crippen LogP contribution in [0.4, 0.5) is 5.69 Å². The Kier molecular flexibility index (Phi) is 7.35. The van der Waals surface area contributed by atoms with Crippen molar-refractivity contribution in [3.8, 4) is 0 Å². The van der Waals surface area contributed by atoms with E-state index in [9.17, 15) is 13.2 Å². The molecule has 134 valence electrons. The summed E-state index contributed by atoms with van der Waals surface area (Å²) >= 11 is 1.79. The fourth-order valence-corrected chi connectivity index (χ4v) is 3.65. The van der Waals surface area contributed by atoms with Gasteiger partial charge >= 0.3 is 0 Å². The molecule has 0 spiro atoms. The molecule has 0 saturated heterocycles. The van der Waals surface area contributed by atoms with Crippen molar-refractivity contribution in [2.45, 2.75) is 25.5 Å². The minimum absolute atomic E-state index is 0.161. The van der Waals surface area contributed by atoms with Crippen molar-refractivity contribution in [2.24, 2.45) is 0 Å². The molecule has 1 aromatic rings. The molecule has 0 saturated carbocycles. The first-order valence-corrected chi connectivity index (χ1v) is 10.5. The minimum atomic E-state index is -3.39. The Hall–Kier alpha value is -1.47. The molecule has 24 heavy (non-hydrogen) atoms. The monoisotopic (exact) mass is 370 g/mol. The molecule has 0 unspecified atom stereocenters. The number of carbonyl (C=O) groups is 1. The summed E-state index contributed by atoms with van der Waals surface area (Å²) in [6.07, 6.45) is 2.67. The van der Waals surface area contributed by atoms with Gasteiger partial charge in [0.2, 0.25) is 10.0 Å². The molecular weight excluding hydrogens is 344 g/mol. The molecule has 7 heteroatoms. The first-order chi connectivity index (χ1) is 11.0. The summed E-state index contributed by atoms with van der Waals surface area (Å²) in [5.74, 6) is 0.680. The molecule has 0 atom stereocenters. The Balaban J connectivity index is 2.69. The van der Waals surface area contributed by atoms with E-state index in [0.29, 0.717) is 17.8 Å². The van der Waals surface area contributed by atoms with Crippen molar-refractivity contribution in [2.75, 3.05) is 29.4 Å². The van der Waals surface area contributed by atoms with Gasteiger partial charge in [-0.2, -0.15) is 11.8 Å². The summed E-state index contributed by atoms with van der Waals surface area (Å²) < 4.78 is 25.0. The molecule has 0 aromatic heterocycles. The highest BCUT2D eigenvalue weighted by atomic mass is 32.2. The Morgan fingerprint density at radius 2 is 1.88 bits per heavy atom. The number of rotatable bonds is 8. The molecule has 0 aliphatic heterocycles. The van der Waals surface area contributed by atoms with Gasteiger partial charge in [-0.25, -0.2) is 8.42 Å². The molecule has 1 rings (SSSR count). The van der Waals surface area contributed by atoms with Crippen LogP contribution in [-0.2, 0) is 10.0 Å². The smallest absolute Gasteiger partial charge is 0.251 e. The Bertz CT molecular complexity index is 662. The van der Waals surface area contributed by atoms with Crippen LogP contribution in [0.25, 0.3) is 0 Å². The molecule has 0 fully saturated rings. The molecule has 0 aliphatic rings. The van der Waals surface area contributed by atoms with Crippen molar-refractivity contribution in [3.05, 3.63) is 42.5 Å². The molecular formula is C17H26N2O3S2. The van der Waals surface area contributed by atoms with E-state index >= 15 is 0 Å². The number of hydrogen-bond donors (Lipinski definition) is 1. The molecule has 0 bridgehead atoms. The quantitative estimate of drug-likeness (QED) is 0.564. The Morgan fingerprint density at radius 1 is 1.29 bits per heavy atom. The van der Waals surface area contributed by atoms with Crippen LogP contribution in [0.15, 0.2) is 36.9 Å². The zero-order valence-corrected chi connectivity index (χ0v) is 16.3. The van der Waals surface area contributed by atoms with Gasteiger partial charge in [-0.05, 0) is 24.3 Å². The summed E-state index contributed by atoms with van der Waals surface area (Å²) in [4.78, 5) is 12.1. The Morgan fingerprint density at radius 3 is 2.33 bits per heavy atom. The van der Waals surface area contributed by atoms with E-state index in [-0.39, 0.29) is 17.2 Å². The second kappa shape index (κ2) is 8.58. The van der Waals surface area contributed by atoms with Gasteiger partial charge in [0.1, 0.15) is 0 Å². The fraction of sp³-hybridized carbons (Fsp3) is 0.471. The summed E-state index contributed by atoms with van der Waals surface area (Å²) in [5, 5.41) is 2.87. The van der Waals surface area contributed by atoms with Gasteiger partial charge in [0.15, 0.2) is 0 Å². The van der Waals surface area contributed by atoms with Crippen molar-refractivity contribution in [1.29, 1.82) is 0 Å². The molecule has 0 aliphatic carbocycles. The highest BCUT2D eigenvalue weighted by Gasteiger charge is 2.16. The molecule has 5 nitrogen and oxygen atoms in total. The highest BCUT2D eigenvalue weighted by molar-refractivity contribution is 8.00. The lowest BCUT2D eigenvalue weighted by atomic mass is 10.2. The Labute approximate surface area is 149 Å². The number of benzene rings is 1. The number of nitrogens with one attached hydrogen (secondary N) is 1. The largest absolute Gasteiger partial charge is 0.351 e. The van der Waals surface area contributed by atoms with Crippen LogP contribution in [0.1, 0.15) is 31.1 Å². The van der Waals surface area contributed by atoms with Crippen molar-refractivity contribution < 1.29 is 13.2 Å². The second-order valence-electron chi connectivity index (χ2n) is 6.35. The summed E-state index contributed by atoms with van der Waals surface area (Å²) in [5.41, 5.74) is 1.02. The van der Waals surface area contributed by atoms with E-state index in [1.165, 1.54) is 10.4 Å². The zero-order valence-electron chi connectivity index (χ0n) is 14.7. The maximum absolute atomic E-state index is 12.1. The third-order valence-electron chi connectivity index (χ3n) is 3.04. The molecule has 1 aromatic carbocycles. The molecule has 1 amide bonds. The zero-order chi connectivity index (χ0) is 18.4. The summed E-state index contributed by atoms with van der Waals surface area (Å²) in [7, 11) is -3.39. The van der Waals surface area contributed by atoms with Crippen LogP contribution in [0.3, 0.4) is 0 Å². The first-order valence-electron chi connectivity index (χ1n) is 7.65. The van der Waals surface area contributed by atoms with Crippen LogP contribution >= 0.6 is 11.8 Å². The molecule has 0 heterocycles. The lowest BCUT2D eigenvalue weighted by Crippen LogP contribution is -2.30. The van der Waals surface area contributed by atoms with E-state index in [1.807, 2.05) is 0 Å². The van der Waals surface area contributed by atoms with Gasteiger partial charge in [0.25, 0.3) is 5.91 Å². The maximum atomic E-state index is 12.1. The van der Waals surface area contributed by atoms with E-state index < -0.39 is 10.0 Å². The number of anilines is 1. The number of carbonyl (C=O) groups excluding carboxylic acids is 1. The van der Waals surface area contributed by atoms with Crippen molar-refractivity contribution >= 4 is 33.4 Å². The van der Waals surface area contributed by atoms with Crippen molar-refractivity contribution in [3.63, 3.8) is 0 Å². The minimum Gasteiger partial charge on any atom is -0.351 e. The van der Waals surface area contributed by atoms with E-state index in [4.69, 9.17) is 0 Å². The summed E-state index contributed by atoms with van der Waals surface area (Å²) in [6, 6.07) is 6.51. The fourth-order valence-electron chi connectivity index (χ4n) is 1.95. The predicted octanol–water partition coefficient (Wildman–Crippen LogP) is 2.90. The number of hydrogen-bond acceptors (Lipinski definition) is 4. The number of thioether (sulfide) groups is 1. The van der Waals surface area contributed by atoms with Crippen LogP contribution in [0, 0.1) is 0 Å². The standard InChI is InChI=1S/C17H26N2O3S2/c1-6-12-19(24(5,21)22)15-9-7-14(8-10-15)16(20)18-11-13-23-17(2,3)4/h6-10H,1,11-13H2,2-5H3,(H,18,20). The SMILES string of the molecule is C=CCN(c1ccc(C(=O)NCCSC(C)(C)C)cc1)S(C)(=O)=O. The maximum Gasteiger partial charge on any atom is 0.251 e. The van der Waals surface area contributed by atoms with Crippen LogP contribution < -0.4 is 9.62 Å². The van der Waals surface area contributed by atoms with Gasteiger partial charge < -0.3 is 5.32 Å². The van der Waals surface area contributed by atoms with E-state index in [2.05, 4.69) is 32.7 Å². The third-order valence-corrected chi connectivity index (χ3v) is 5.47. The number of sulfonamides is 1. The molecule has 1 N–H and O–H groups in total. The van der Waals surface area contributed by atoms with Gasteiger partial charge in [-0.3, -0.25) is 9.10 Å². The van der Waals surface area contributed by atoms with E-state index in [1.54, 1.807) is 36.0 Å². The van der Waals surface area contributed by atoms with Crippen molar-refractivity contribution in [1.82, 2.24) is 5.32 Å². The van der Waals surface area contributed by atoms with E-state index in [0.717, 1.165) is 12.0 Å². The first kappa shape index (κ1) is 20.6. The van der Waals surface area contributed by atoms with Gasteiger partial charge in [0.05, 0.1) is 18.5 Å². The summed E-state index contributed by atoms with van der Waals surface area (Å²) in [6.45, 7) is 10.8. The third kappa shape index (κ3) is 6.97. The van der Waals surface area contributed by atoms with Crippen LogP contribution in [0.2, 0.25) is 0 Å². The number of nitrogens with zero attached hydrogens (tertiary/aromatic N) is 1. The van der Waals surface area contributed by atoms with Crippen LogP contribution in [-0.4, -0.2) is 44.2 Å². The molecule has 0 radical (unpaired) electrons. The van der Waals surface area contributed by atoms with Gasteiger partial charge in [-0.1, -0.05) is 26.8 Å². The predicted molar refractivity (Wildman–Crippen MR) is 103 cm³/mol. The number of amides is 1. The topological polar surface area (TPSA) is 66.5 Å². The average molecular weight is 371 g/mol. The normalized spacial score (nSPS) is 11.8. The highest BCUT2D eigenvalue weighted by Crippen LogP contribution is 2.22. The average Bonchev–Trinajstić information content (AvgIpc) is 2.47.